The number of thioether (sulfide) groups is 1. The number of pyridine rings is 1. The van der Waals surface area contributed by atoms with Crippen molar-refractivity contribution in [2.75, 3.05) is 32.5 Å². The fourth-order valence-corrected chi connectivity index (χ4v) is 5.39. The van der Waals surface area contributed by atoms with Crippen LogP contribution >= 0.6 is 11.8 Å². The van der Waals surface area contributed by atoms with Crippen LogP contribution in [0.3, 0.4) is 0 Å². The van der Waals surface area contributed by atoms with Crippen LogP contribution in [-0.2, 0) is 4.79 Å². The molecule has 0 radical (unpaired) electrons. The van der Waals surface area contributed by atoms with Crippen molar-refractivity contribution >= 4 is 28.6 Å². The second-order valence-electron chi connectivity index (χ2n) is 8.50. The summed E-state index contributed by atoms with van der Waals surface area (Å²) in [6.07, 6.45) is 5.43. The van der Waals surface area contributed by atoms with Gasteiger partial charge in [-0.2, -0.15) is 0 Å². The quantitative estimate of drug-likeness (QED) is 0.329. The van der Waals surface area contributed by atoms with Crippen LogP contribution in [0.5, 0.6) is 5.75 Å². The van der Waals surface area contributed by atoms with Crippen LogP contribution in [0.25, 0.3) is 10.9 Å². The van der Waals surface area contributed by atoms with Crippen molar-refractivity contribution in [3.63, 3.8) is 0 Å². The first-order chi connectivity index (χ1) is 16.5. The summed E-state index contributed by atoms with van der Waals surface area (Å²) in [5.74, 6) is 0.118. The van der Waals surface area contributed by atoms with Gasteiger partial charge >= 0.3 is 5.97 Å². The molecule has 7 nitrogen and oxygen atoms in total. The van der Waals surface area contributed by atoms with Gasteiger partial charge in [0, 0.05) is 42.8 Å². The van der Waals surface area contributed by atoms with Gasteiger partial charge in [-0.05, 0) is 67.6 Å². The SMILES string of the molecule is COc1ccc2nccc([C@H](F)CC[C@@H]3CCN(CCSc4ncccn4)C[C@@H]3C(=O)O)c2c1. The average molecular weight is 485 g/mol. The summed E-state index contributed by atoms with van der Waals surface area (Å²) in [6, 6.07) is 8.92. The zero-order chi connectivity index (χ0) is 23.9. The Bertz CT molecular complexity index is 1100. The van der Waals surface area contributed by atoms with Gasteiger partial charge in [-0.1, -0.05) is 11.8 Å². The predicted molar refractivity (Wildman–Crippen MR) is 130 cm³/mol. The number of carboxylic acids is 1. The topological polar surface area (TPSA) is 88.4 Å². The molecule has 0 unspecified atom stereocenters. The molecule has 0 spiro atoms. The third-order valence-corrected chi connectivity index (χ3v) is 7.30. The molecule has 0 bridgehead atoms. The zero-order valence-electron chi connectivity index (χ0n) is 19.1. The average Bonchev–Trinajstić information content (AvgIpc) is 2.87. The van der Waals surface area contributed by atoms with Crippen LogP contribution in [0.2, 0.25) is 0 Å². The molecular weight excluding hydrogens is 455 g/mol. The fraction of sp³-hybridized carbons (Fsp3) is 0.440. The number of methoxy groups -OCH3 is 1. The molecule has 1 fully saturated rings. The van der Waals surface area contributed by atoms with Crippen molar-refractivity contribution < 1.29 is 19.0 Å². The number of hydrogen-bond acceptors (Lipinski definition) is 7. The van der Waals surface area contributed by atoms with Gasteiger partial charge in [-0.3, -0.25) is 9.78 Å². The van der Waals surface area contributed by atoms with E-state index in [0.29, 0.717) is 24.3 Å². The lowest BCUT2D eigenvalue weighted by Crippen LogP contribution is -2.44. The summed E-state index contributed by atoms with van der Waals surface area (Å²) < 4.78 is 20.6. The number of likely N-dealkylation sites (tertiary alicyclic amines) is 1. The van der Waals surface area contributed by atoms with Crippen molar-refractivity contribution in [3.8, 4) is 5.75 Å². The minimum atomic E-state index is -1.19. The Hall–Kier alpha value is -2.78. The van der Waals surface area contributed by atoms with E-state index in [1.54, 1.807) is 55.7 Å². The van der Waals surface area contributed by atoms with Gasteiger partial charge in [-0.25, -0.2) is 14.4 Å². The number of ether oxygens (including phenoxy) is 1. The number of carboxylic acid groups (broad SMARTS) is 1. The molecule has 0 saturated carbocycles. The van der Waals surface area contributed by atoms with Crippen LogP contribution in [-0.4, -0.2) is 63.4 Å². The number of nitrogens with zero attached hydrogens (tertiary/aromatic N) is 4. The van der Waals surface area contributed by atoms with Crippen LogP contribution in [0.4, 0.5) is 4.39 Å². The zero-order valence-corrected chi connectivity index (χ0v) is 20.0. The lowest BCUT2D eigenvalue weighted by molar-refractivity contribution is -0.146. The Morgan fingerprint density at radius 3 is 2.85 bits per heavy atom. The number of halogens is 1. The maximum absolute atomic E-state index is 15.3. The van der Waals surface area contributed by atoms with Crippen molar-refractivity contribution in [2.45, 2.75) is 30.6 Å². The minimum Gasteiger partial charge on any atom is -0.497 e. The molecule has 1 N–H and O–H groups in total. The number of fused-ring (bicyclic) bond motifs is 1. The smallest absolute Gasteiger partial charge is 0.308 e. The summed E-state index contributed by atoms with van der Waals surface area (Å²) in [7, 11) is 1.58. The van der Waals surface area contributed by atoms with E-state index in [4.69, 9.17) is 4.74 Å². The Labute approximate surface area is 202 Å². The maximum atomic E-state index is 15.3. The number of hydrogen-bond donors (Lipinski definition) is 1. The highest BCUT2D eigenvalue weighted by molar-refractivity contribution is 7.99. The summed E-state index contributed by atoms with van der Waals surface area (Å²) in [5.41, 5.74) is 1.30. The van der Waals surface area contributed by atoms with Gasteiger partial charge in [0.1, 0.15) is 11.9 Å². The summed E-state index contributed by atoms with van der Waals surface area (Å²) >= 11 is 1.56. The highest BCUT2D eigenvalue weighted by Crippen LogP contribution is 2.35. The summed E-state index contributed by atoms with van der Waals surface area (Å²) in [6.45, 7) is 2.08. The van der Waals surface area contributed by atoms with Crippen molar-refractivity contribution in [1.29, 1.82) is 0 Å². The molecule has 180 valence electrons. The number of aliphatic carboxylic acids is 1. The van der Waals surface area contributed by atoms with Crippen LogP contribution in [0.15, 0.2) is 54.1 Å². The van der Waals surface area contributed by atoms with E-state index >= 15 is 4.39 Å². The lowest BCUT2D eigenvalue weighted by Gasteiger charge is -2.36. The van der Waals surface area contributed by atoms with E-state index in [1.807, 2.05) is 12.1 Å². The molecule has 1 aromatic carbocycles. The standard InChI is InChI=1S/C25H29FN4O3S/c1-33-18-4-6-23-20(15-18)19(7-11-27-23)22(26)5-3-17-8-12-30(16-21(17)24(31)32)13-14-34-25-28-9-2-10-29-25/h2,4,6-7,9-11,15,17,21-22H,3,5,8,12-14,16H2,1H3,(H,31,32)/t17-,21+,22-/m1/s1. The highest BCUT2D eigenvalue weighted by Gasteiger charge is 2.34. The molecule has 1 saturated heterocycles. The number of aromatic nitrogens is 3. The molecule has 3 aromatic rings. The molecule has 1 aliphatic heterocycles. The molecule has 3 heterocycles. The van der Waals surface area contributed by atoms with Gasteiger partial charge < -0.3 is 14.7 Å². The summed E-state index contributed by atoms with van der Waals surface area (Å²) in [5, 5.41) is 11.3. The molecule has 0 aliphatic carbocycles. The Kier molecular flexibility index (Phi) is 8.29. The number of benzene rings is 1. The molecule has 4 rings (SSSR count). The van der Waals surface area contributed by atoms with Crippen LogP contribution in [0, 0.1) is 11.8 Å². The minimum absolute atomic E-state index is 0.0419. The van der Waals surface area contributed by atoms with E-state index in [0.717, 1.165) is 41.3 Å². The first-order valence-corrected chi connectivity index (χ1v) is 12.5. The van der Waals surface area contributed by atoms with E-state index in [2.05, 4.69) is 19.9 Å². The molecule has 2 aromatic heterocycles. The monoisotopic (exact) mass is 484 g/mol. The molecular formula is C25H29FN4O3S. The van der Waals surface area contributed by atoms with Crippen molar-refractivity contribution in [2.24, 2.45) is 11.8 Å². The predicted octanol–water partition coefficient (Wildman–Crippen LogP) is 4.64. The lowest BCUT2D eigenvalue weighted by atomic mass is 9.81. The number of alkyl halides is 1. The van der Waals surface area contributed by atoms with Crippen molar-refractivity contribution in [1.82, 2.24) is 19.9 Å². The second-order valence-corrected chi connectivity index (χ2v) is 9.56. The molecule has 34 heavy (non-hydrogen) atoms. The Morgan fingerprint density at radius 2 is 2.09 bits per heavy atom. The van der Waals surface area contributed by atoms with Gasteiger partial charge in [0.2, 0.25) is 0 Å². The fourth-order valence-electron chi connectivity index (χ4n) is 4.59. The number of carbonyl (C=O) groups is 1. The molecule has 1 aliphatic rings. The third kappa shape index (κ3) is 6.01. The summed E-state index contributed by atoms with van der Waals surface area (Å²) in [4.78, 5) is 26.9. The molecule has 9 heteroatoms. The first-order valence-electron chi connectivity index (χ1n) is 11.5. The first kappa shape index (κ1) is 24.3. The third-order valence-electron chi connectivity index (χ3n) is 6.45. The van der Waals surface area contributed by atoms with Crippen molar-refractivity contribution in [3.05, 3.63) is 54.5 Å². The Morgan fingerprint density at radius 1 is 1.26 bits per heavy atom. The second kappa shape index (κ2) is 11.6. The van der Waals surface area contributed by atoms with Gasteiger partial charge in [-0.15, -0.1) is 0 Å². The molecule has 0 amide bonds. The highest BCUT2D eigenvalue weighted by atomic mass is 32.2. The van der Waals surface area contributed by atoms with E-state index in [1.165, 1.54) is 0 Å². The Balaban J connectivity index is 1.34. The largest absolute Gasteiger partial charge is 0.497 e. The van der Waals surface area contributed by atoms with E-state index in [9.17, 15) is 9.90 Å². The van der Waals surface area contributed by atoms with E-state index < -0.39 is 18.1 Å². The van der Waals surface area contributed by atoms with Gasteiger partial charge in [0.25, 0.3) is 0 Å². The van der Waals surface area contributed by atoms with Crippen LogP contribution < -0.4 is 4.74 Å². The van der Waals surface area contributed by atoms with Gasteiger partial charge in [0.05, 0.1) is 18.5 Å². The van der Waals surface area contributed by atoms with Gasteiger partial charge in [0.15, 0.2) is 5.16 Å². The number of piperidine rings is 1. The maximum Gasteiger partial charge on any atom is 0.308 e. The van der Waals surface area contributed by atoms with Crippen LogP contribution in [0.1, 0.15) is 31.0 Å². The molecule has 3 atom stereocenters. The normalized spacial score (nSPS) is 19.7. The number of rotatable bonds is 10. The van der Waals surface area contributed by atoms with E-state index in [-0.39, 0.29) is 12.3 Å².